The fourth-order valence-corrected chi connectivity index (χ4v) is 6.37. The third kappa shape index (κ3) is 4.10. The van der Waals surface area contributed by atoms with Crippen molar-refractivity contribution in [2.24, 2.45) is 0 Å². The number of fused-ring (bicyclic) bond motifs is 4. The summed E-state index contributed by atoms with van der Waals surface area (Å²) in [5.41, 5.74) is 8.60. The van der Waals surface area contributed by atoms with Crippen LogP contribution in [-0.4, -0.2) is 16.4 Å². The lowest BCUT2D eigenvalue weighted by molar-refractivity contribution is 0.0926. The predicted octanol–water partition coefficient (Wildman–Crippen LogP) is 9.34. The van der Waals surface area contributed by atoms with Crippen molar-refractivity contribution in [1.82, 2.24) is 4.57 Å². The zero-order valence-electron chi connectivity index (χ0n) is 24.3. The van der Waals surface area contributed by atoms with Crippen molar-refractivity contribution in [2.45, 2.75) is 0 Å². The zero-order valence-corrected chi connectivity index (χ0v) is 24.3. The Balaban J connectivity index is 1.40. The lowest BCUT2D eigenvalue weighted by atomic mass is 10.0. The average molecular weight is 591 g/mol. The van der Waals surface area contributed by atoms with Gasteiger partial charge in [-0.1, -0.05) is 84.9 Å². The van der Waals surface area contributed by atoms with Gasteiger partial charge in [-0.05, 0) is 70.8 Å². The van der Waals surface area contributed by atoms with Crippen LogP contribution < -0.4 is 4.90 Å². The molecule has 2 amide bonds. The standard InChI is InChI=1S/C40H22N4O2/c1-42-30-18-14-27(15-19-30)29-17-21-33-32-20-16-28(26-12-10-25(24-41)11-13-26)22-36(32)44(37(33)23-29)35-9-5-8-34-38(35)40(46)43(39(34)45)31-6-3-2-4-7-31/h2-23H. The Morgan fingerprint density at radius 1 is 0.609 bits per heavy atom. The Morgan fingerprint density at radius 3 is 1.78 bits per heavy atom. The number of rotatable bonds is 4. The Hall–Kier alpha value is -6.76. The van der Waals surface area contributed by atoms with Gasteiger partial charge in [-0.2, -0.15) is 5.26 Å². The van der Waals surface area contributed by atoms with E-state index in [2.05, 4.69) is 51.9 Å². The van der Waals surface area contributed by atoms with E-state index in [-0.39, 0.29) is 11.8 Å². The molecule has 0 atom stereocenters. The van der Waals surface area contributed by atoms with E-state index in [9.17, 15) is 14.9 Å². The van der Waals surface area contributed by atoms with Gasteiger partial charge >= 0.3 is 0 Å². The van der Waals surface area contributed by atoms with Crippen molar-refractivity contribution < 1.29 is 9.59 Å². The van der Waals surface area contributed by atoms with Crippen LogP contribution in [0, 0.1) is 17.9 Å². The molecule has 0 unspecified atom stereocenters. The van der Waals surface area contributed by atoms with E-state index >= 15 is 0 Å². The number of imide groups is 1. The van der Waals surface area contributed by atoms with Crippen LogP contribution in [-0.2, 0) is 0 Å². The molecule has 46 heavy (non-hydrogen) atoms. The summed E-state index contributed by atoms with van der Waals surface area (Å²) in [6, 6.07) is 44.0. The van der Waals surface area contributed by atoms with Crippen LogP contribution in [0.2, 0.25) is 0 Å². The van der Waals surface area contributed by atoms with Crippen molar-refractivity contribution in [1.29, 1.82) is 5.26 Å². The number of nitrogens with zero attached hydrogens (tertiary/aromatic N) is 4. The lowest BCUT2D eigenvalue weighted by Crippen LogP contribution is -2.29. The number of amides is 2. The number of hydrogen-bond donors (Lipinski definition) is 0. The number of nitriles is 1. The molecule has 6 heteroatoms. The molecular weight excluding hydrogens is 568 g/mol. The fourth-order valence-electron chi connectivity index (χ4n) is 6.37. The van der Waals surface area contributed by atoms with Crippen LogP contribution in [0.5, 0.6) is 0 Å². The van der Waals surface area contributed by atoms with Crippen LogP contribution in [0.3, 0.4) is 0 Å². The first kappa shape index (κ1) is 26.8. The topological polar surface area (TPSA) is 70.5 Å². The predicted molar refractivity (Wildman–Crippen MR) is 180 cm³/mol. The highest BCUT2D eigenvalue weighted by Crippen LogP contribution is 2.40. The van der Waals surface area contributed by atoms with Crippen molar-refractivity contribution in [3.63, 3.8) is 0 Å². The Kier molecular flexibility index (Phi) is 6.10. The monoisotopic (exact) mass is 590 g/mol. The van der Waals surface area contributed by atoms with Crippen molar-refractivity contribution in [3.8, 4) is 34.0 Å². The Labute approximate surface area is 264 Å². The number of carbonyl (C=O) groups excluding carboxylic acids is 2. The summed E-state index contributed by atoms with van der Waals surface area (Å²) in [5, 5.41) is 11.3. The largest absolute Gasteiger partial charge is 0.308 e. The van der Waals surface area contributed by atoms with Crippen LogP contribution in [0.15, 0.2) is 133 Å². The van der Waals surface area contributed by atoms with E-state index in [1.807, 2.05) is 54.6 Å². The normalized spacial score (nSPS) is 12.3. The maximum atomic E-state index is 14.1. The third-order valence-electron chi connectivity index (χ3n) is 8.59. The molecule has 6 aromatic carbocycles. The van der Waals surface area contributed by atoms with Gasteiger partial charge in [-0.3, -0.25) is 9.59 Å². The summed E-state index contributed by atoms with van der Waals surface area (Å²) < 4.78 is 2.08. The van der Waals surface area contributed by atoms with E-state index in [1.54, 1.807) is 42.5 Å². The van der Waals surface area contributed by atoms with Crippen molar-refractivity contribution in [3.05, 3.63) is 162 Å². The summed E-state index contributed by atoms with van der Waals surface area (Å²) in [5.74, 6) is -0.724. The van der Waals surface area contributed by atoms with Crippen LogP contribution in [0.4, 0.5) is 11.4 Å². The fraction of sp³-hybridized carbons (Fsp3) is 0. The second-order valence-electron chi connectivity index (χ2n) is 11.1. The Bertz CT molecular complexity index is 2350. The second kappa shape index (κ2) is 10.4. The first-order valence-electron chi connectivity index (χ1n) is 14.7. The van der Waals surface area contributed by atoms with Crippen molar-refractivity contribution in [2.75, 3.05) is 4.90 Å². The molecule has 0 saturated carbocycles. The van der Waals surface area contributed by atoms with Gasteiger partial charge in [0.1, 0.15) is 0 Å². The number of hydrogen-bond acceptors (Lipinski definition) is 3. The molecule has 1 aliphatic rings. The minimum Gasteiger partial charge on any atom is -0.308 e. The highest BCUT2D eigenvalue weighted by molar-refractivity contribution is 6.35. The Morgan fingerprint density at radius 2 is 1.20 bits per heavy atom. The highest BCUT2D eigenvalue weighted by atomic mass is 16.2. The summed E-state index contributed by atoms with van der Waals surface area (Å²) in [4.78, 5) is 32.6. The smallest absolute Gasteiger partial charge is 0.268 e. The van der Waals surface area contributed by atoms with Gasteiger partial charge in [0, 0.05) is 10.8 Å². The molecule has 214 valence electrons. The lowest BCUT2D eigenvalue weighted by Gasteiger charge is -2.15. The van der Waals surface area contributed by atoms with E-state index in [0.717, 1.165) is 44.1 Å². The number of anilines is 1. The molecule has 1 aliphatic heterocycles. The van der Waals surface area contributed by atoms with Gasteiger partial charge in [0.2, 0.25) is 0 Å². The van der Waals surface area contributed by atoms with E-state index in [1.165, 1.54) is 4.90 Å². The maximum absolute atomic E-state index is 14.1. The number of aromatic nitrogens is 1. The first-order chi connectivity index (χ1) is 22.6. The first-order valence-corrected chi connectivity index (χ1v) is 14.7. The molecule has 0 spiro atoms. The molecule has 0 radical (unpaired) electrons. The number of para-hydroxylation sites is 1. The molecule has 2 heterocycles. The van der Waals surface area contributed by atoms with Gasteiger partial charge in [0.25, 0.3) is 11.8 Å². The summed E-state index contributed by atoms with van der Waals surface area (Å²) in [7, 11) is 0. The third-order valence-corrected chi connectivity index (χ3v) is 8.59. The molecule has 0 saturated heterocycles. The molecule has 7 aromatic rings. The quantitative estimate of drug-likeness (QED) is 0.151. The van der Waals surface area contributed by atoms with E-state index in [0.29, 0.717) is 33.8 Å². The van der Waals surface area contributed by atoms with E-state index in [4.69, 9.17) is 6.57 Å². The van der Waals surface area contributed by atoms with Gasteiger partial charge in [0.15, 0.2) is 5.69 Å². The maximum Gasteiger partial charge on any atom is 0.268 e. The van der Waals surface area contributed by atoms with Crippen LogP contribution >= 0.6 is 0 Å². The summed E-state index contributed by atoms with van der Waals surface area (Å²) in [6.07, 6.45) is 0. The molecule has 0 fully saturated rings. The number of benzene rings is 6. The molecule has 0 bridgehead atoms. The minimum absolute atomic E-state index is 0.353. The van der Waals surface area contributed by atoms with Crippen LogP contribution in [0.25, 0.3) is 54.6 Å². The van der Waals surface area contributed by atoms with E-state index < -0.39 is 0 Å². The SMILES string of the molecule is [C-]#[N+]c1ccc(-c2ccc3c4ccc(-c5ccc(C#N)cc5)cc4n(-c4cccc5c4C(=O)N(c4ccccc4)C5=O)c3c2)cc1. The molecular formula is C40H22N4O2. The average Bonchev–Trinajstić information content (AvgIpc) is 3.58. The molecule has 1 aromatic heterocycles. The van der Waals surface area contributed by atoms with Crippen LogP contribution in [0.1, 0.15) is 26.3 Å². The number of carbonyl (C=O) groups is 2. The van der Waals surface area contributed by atoms with Gasteiger partial charge in [-0.15, -0.1) is 0 Å². The van der Waals surface area contributed by atoms with Crippen molar-refractivity contribution >= 4 is 45.0 Å². The molecule has 0 N–H and O–H groups in total. The molecule has 8 rings (SSSR count). The van der Waals surface area contributed by atoms with Gasteiger partial charge < -0.3 is 4.57 Å². The second-order valence-corrected chi connectivity index (χ2v) is 11.1. The molecule has 0 aliphatic carbocycles. The molecule has 6 nitrogen and oxygen atoms in total. The highest BCUT2D eigenvalue weighted by Gasteiger charge is 2.39. The van der Waals surface area contributed by atoms with Gasteiger partial charge in [0.05, 0.1) is 51.7 Å². The zero-order chi connectivity index (χ0) is 31.4. The summed E-state index contributed by atoms with van der Waals surface area (Å²) >= 11 is 0. The van der Waals surface area contributed by atoms with Gasteiger partial charge in [-0.25, -0.2) is 9.74 Å². The minimum atomic E-state index is -0.370. The summed E-state index contributed by atoms with van der Waals surface area (Å²) in [6.45, 7) is 7.32.